The largest absolute Gasteiger partial charge is 0.497 e. The number of hydrogen-bond donors (Lipinski definition) is 1. The second-order valence-electron chi connectivity index (χ2n) is 8.06. The minimum atomic E-state index is -3.95. The molecule has 0 aliphatic carbocycles. The molecule has 3 rings (SSSR count). The zero-order chi connectivity index (χ0) is 25.6. The van der Waals surface area contributed by atoms with E-state index in [-0.39, 0.29) is 16.4 Å². The van der Waals surface area contributed by atoms with E-state index in [0.29, 0.717) is 17.1 Å². The Labute approximate surface area is 205 Å². The van der Waals surface area contributed by atoms with Crippen LogP contribution in [-0.4, -0.2) is 41.1 Å². The Morgan fingerprint density at radius 1 is 0.971 bits per heavy atom. The molecule has 0 unspecified atom stereocenters. The first-order valence-electron chi connectivity index (χ1n) is 10.9. The minimum absolute atomic E-state index is 0.0181. The standard InChI is InChI=1S/C26H28N2O6S/c1-18(2)23-10-5-6-11-24(23)27-25(29)17-34-26(30)19-8-7-9-22(16-19)35(31,32)28(3)20-12-14-21(33-4)15-13-20/h5-16,18H,17H2,1-4H3,(H,27,29). The summed E-state index contributed by atoms with van der Waals surface area (Å²) in [4.78, 5) is 24.8. The number of nitrogens with zero attached hydrogens (tertiary/aromatic N) is 1. The average molecular weight is 497 g/mol. The Morgan fingerprint density at radius 3 is 2.31 bits per heavy atom. The van der Waals surface area contributed by atoms with Crippen molar-refractivity contribution in [1.82, 2.24) is 0 Å². The Bertz CT molecular complexity index is 1300. The average Bonchev–Trinajstić information content (AvgIpc) is 2.87. The van der Waals surface area contributed by atoms with Crippen LogP contribution < -0.4 is 14.4 Å². The zero-order valence-corrected chi connectivity index (χ0v) is 20.8. The van der Waals surface area contributed by atoms with Gasteiger partial charge >= 0.3 is 5.97 Å². The van der Waals surface area contributed by atoms with Crippen molar-refractivity contribution in [2.75, 3.05) is 30.4 Å². The van der Waals surface area contributed by atoms with E-state index in [4.69, 9.17) is 9.47 Å². The third kappa shape index (κ3) is 6.19. The molecule has 184 valence electrons. The summed E-state index contributed by atoms with van der Waals surface area (Å²) < 4.78 is 37.5. The van der Waals surface area contributed by atoms with Gasteiger partial charge in [0.2, 0.25) is 0 Å². The van der Waals surface area contributed by atoms with Crippen molar-refractivity contribution in [3.05, 3.63) is 83.9 Å². The van der Waals surface area contributed by atoms with Gasteiger partial charge in [-0.25, -0.2) is 13.2 Å². The second-order valence-corrected chi connectivity index (χ2v) is 10.0. The SMILES string of the molecule is COc1ccc(N(C)S(=O)(=O)c2cccc(C(=O)OCC(=O)Nc3ccccc3C(C)C)c2)cc1. The molecular weight excluding hydrogens is 468 g/mol. The van der Waals surface area contributed by atoms with Gasteiger partial charge in [0.15, 0.2) is 6.61 Å². The number of rotatable bonds is 9. The van der Waals surface area contributed by atoms with Crippen LogP contribution in [0.4, 0.5) is 11.4 Å². The molecule has 1 N–H and O–H groups in total. The molecule has 0 radical (unpaired) electrons. The lowest BCUT2D eigenvalue weighted by Crippen LogP contribution is -2.27. The fourth-order valence-corrected chi connectivity index (χ4v) is 4.63. The number of sulfonamides is 1. The van der Waals surface area contributed by atoms with E-state index in [0.717, 1.165) is 9.87 Å². The summed E-state index contributed by atoms with van der Waals surface area (Å²) in [5.74, 6) is -0.494. The van der Waals surface area contributed by atoms with Gasteiger partial charge in [0.1, 0.15) is 5.75 Å². The molecule has 0 saturated heterocycles. The molecule has 0 fully saturated rings. The fraction of sp³-hybridized carbons (Fsp3) is 0.231. The van der Waals surface area contributed by atoms with Crippen LogP contribution in [0, 0.1) is 0 Å². The quantitative estimate of drug-likeness (QED) is 0.440. The molecule has 0 bridgehead atoms. The summed E-state index contributed by atoms with van der Waals surface area (Å²) in [5.41, 5.74) is 2.06. The molecule has 1 amide bonds. The van der Waals surface area contributed by atoms with E-state index in [1.54, 1.807) is 30.3 Å². The van der Waals surface area contributed by atoms with Crippen molar-refractivity contribution < 1.29 is 27.5 Å². The molecule has 0 aliphatic rings. The highest BCUT2D eigenvalue weighted by Gasteiger charge is 2.23. The molecule has 0 atom stereocenters. The van der Waals surface area contributed by atoms with Gasteiger partial charge in [-0.3, -0.25) is 9.10 Å². The molecule has 0 heterocycles. The van der Waals surface area contributed by atoms with E-state index in [1.165, 1.54) is 38.4 Å². The van der Waals surface area contributed by atoms with Crippen LogP contribution in [0.25, 0.3) is 0 Å². The molecular formula is C26H28N2O6S. The predicted octanol–water partition coefficient (Wildman–Crippen LogP) is 4.44. The van der Waals surface area contributed by atoms with Crippen LogP contribution in [-0.2, 0) is 19.6 Å². The molecule has 0 aliphatic heterocycles. The number of para-hydroxylation sites is 1. The van der Waals surface area contributed by atoms with Crippen LogP contribution in [0.5, 0.6) is 5.75 Å². The van der Waals surface area contributed by atoms with E-state index in [1.807, 2.05) is 32.0 Å². The lowest BCUT2D eigenvalue weighted by molar-refractivity contribution is -0.119. The highest BCUT2D eigenvalue weighted by atomic mass is 32.2. The first kappa shape index (κ1) is 25.8. The molecule has 8 nitrogen and oxygen atoms in total. The van der Waals surface area contributed by atoms with Crippen molar-refractivity contribution in [3.63, 3.8) is 0 Å². The first-order valence-corrected chi connectivity index (χ1v) is 12.4. The van der Waals surface area contributed by atoms with Crippen molar-refractivity contribution in [2.24, 2.45) is 0 Å². The summed E-state index contributed by atoms with van der Waals surface area (Å²) in [5, 5.41) is 2.75. The van der Waals surface area contributed by atoms with Crippen molar-refractivity contribution in [3.8, 4) is 5.75 Å². The number of hydrogen-bond acceptors (Lipinski definition) is 6. The predicted molar refractivity (Wildman–Crippen MR) is 134 cm³/mol. The van der Waals surface area contributed by atoms with Gasteiger partial charge in [-0.2, -0.15) is 0 Å². The van der Waals surface area contributed by atoms with Crippen LogP contribution >= 0.6 is 0 Å². The second kappa shape index (κ2) is 11.1. The normalized spacial score (nSPS) is 11.1. The van der Waals surface area contributed by atoms with Gasteiger partial charge in [0.25, 0.3) is 15.9 Å². The van der Waals surface area contributed by atoms with Crippen molar-refractivity contribution in [2.45, 2.75) is 24.7 Å². The van der Waals surface area contributed by atoms with Gasteiger partial charge in [-0.15, -0.1) is 0 Å². The number of carbonyl (C=O) groups is 2. The maximum Gasteiger partial charge on any atom is 0.338 e. The molecule has 0 spiro atoms. The Morgan fingerprint density at radius 2 is 1.66 bits per heavy atom. The van der Waals surface area contributed by atoms with Gasteiger partial charge < -0.3 is 14.8 Å². The maximum atomic E-state index is 13.1. The highest BCUT2D eigenvalue weighted by Crippen LogP contribution is 2.25. The fourth-order valence-electron chi connectivity index (χ4n) is 3.39. The number of ether oxygens (including phenoxy) is 2. The number of amides is 1. The summed E-state index contributed by atoms with van der Waals surface area (Å²) >= 11 is 0. The molecule has 3 aromatic rings. The Kier molecular flexibility index (Phi) is 8.14. The maximum absolute atomic E-state index is 13.1. The molecule has 9 heteroatoms. The minimum Gasteiger partial charge on any atom is -0.497 e. The lowest BCUT2D eigenvalue weighted by Gasteiger charge is -2.20. The smallest absolute Gasteiger partial charge is 0.338 e. The monoisotopic (exact) mass is 496 g/mol. The number of anilines is 2. The van der Waals surface area contributed by atoms with E-state index in [9.17, 15) is 18.0 Å². The van der Waals surface area contributed by atoms with Gasteiger partial charge in [0.05, 0.1) is 23.3 Å². The third-order valence-electron chi connectivity index (χ3n) is 5.36. The number of benzene rings is 3. The summed E-state index contributed by atoms with van der Waals surface area (Å²) in [6.45, 7) is 3.52. The number of nitrogens with one attached hydrogen (secondary N) is 1. The van der Waals surface area contributed by atoms with Crippen molar-refractivity contribution >= 4 is 33.3 Å². The molecule has 0 saturated carbocycles. The third-order valence-corrected chi connectivity index (χ3v) is 7.14. The lowest BCUT2D eigenvalue weighted by atomic mass is 10.0. The zero-order valence-electron chi connectivity index (χ0n) is 20.0. The van der Waals surface area contributed by atoms with Crippen LogP contribution in [0.1, 0.15) is 35.7 Å². The highest BCUT2D eigenvalue weighted by molar-refractivity contribution is 7.92. The van der Waals surface area contributed by atoms with Crippen LogP contribution in [0.2, 0.25) is 0 Å². The number of esters is 1. The summed E-state index contributed by atoms with van der Waals surface area (Å²) in [7, 11) is -1.01. The van der Waals surface area contributed by atoms with Crippen LogP contribution in [0.3, 0.4) is 0 Å². The van der Waals surface area contributed by atoms with Crippen molar-refractivity contribution in [1.29, 1.82) is 0 Å². The first-order chi connectivity index (χ1) is 16.6. The summed E-state index contributed by atoms with van der Waals surface area (Å²) in [6.07, 6.45) is 0. The number of carbonyl (C=O) groups excluding carboxylic acids is 2. The van der Waals surface area contributed by atoms with Crippen LogP contribution in [0.15, 0.2) is 77.7 Å². The molecule has 35 heavy (non-hydrogen) atoms. The van der Waals surface area contributed by atoms with Gasteiger partial charge in [0, 0.05) is 12.7 Å². The number of methoxy groups -OCH3 is 1. The van der Waals surface area contributed by atoms with E-state index >= 15 is 0 Å². The topological polar surface area (TPSA) is 102 Å². The van der Waals surface area contributed by atoms with E-state index < -0.39 is 28.5 Å². The van der Waals surface area contributed by atoms with E-state index in [2.05, 4.69) is 5.32 Å². The molecule has 0 aromatic heterocycles. The molecule has 3 aromatic carbocycles. The summed E-state index contributed by atoms with van der Waals surface area (Å²) in [6, 6.07) is 19.4. The Hall–Kier alpha value is -3.85. The Balaban J connectivity index is 1.69. The van der Waals surface area contributed by atoms with Gasteiger partial charge in [-0.1, -0.05) is 38.1 Å². The van der Waals surface area contributed by atoms with Gasteiger partial charge in [-0.05, 0) is 60.0 Å².